The first kappa shape index (κ1) is 19.5. The molecule has 30 heavy (non-hydrogen) atoms. The molecule has 3 fully saturated rings. The highest BCUT2D eigenvalue weighted by atomic mass is 35.5. The molecule has 3 saturated heterocycles. The molecule has 0 saturated carbocycles. The van der Waals surface area contributed by atoms with Gasteiger partial charge in [0.15, 0.2) is 6.04 Å². The number of quaternary nitrogens is 1. The lowest BCUT2D eigenvalue weighted by molar-refractivity contribution is -0.915. The van der Waals surface area contributed by atoms with Gasteiger partial charge in [0, 0.05) is 23.4 Å². The summed E-state index contributed by atoms with van der Waals surface area (Å²) in [5, 5.41) is 0.565. The number of nitrogens with zero attached hydrogens (tertiary/aromatic N) is 1. The topological polar surface area (TPSA) is 58.9 Å². The van der Waals surface area contributed by atoms with E-state index in [2.05, 4.69) is 0 Å². The zero-order valence-electron chi connectivity index (χ0n) is 17.0. The Kier molecular flexibility index (Phi) is 4.56. The van der Waals surface area contributed by atoms with Crippen molar-refractivity contribution in [2.75, 3.05) is 11.4 Å². The number of halogens is 1. The summed E-state index contributed by atoms with van der Waals surface area (Å²) in [6, 6.07) is 12.0. The minimum absolute atomic E-state index is 0.0317. The summed E-state index contributed by atoms with van der Waals surface area (Å²) >= 11 is 5.99. The molecule has 0 bridgehead atoms. The molecule has 3 aliphatic rings. The molecule has 6 heteroatoms. The van der Waals surface area contributed by atoms with Crippen molar-refractivity contribution in [2.45, 2.75) is 38.8 Å². The molecule has 1 N–H and O–H groups in total. The fourth-order valence-electron chi connectivity index (χ4n) is 5.65. The highest BCUT2D eigenvalue weighted by Gasteiger charge is 2.68. The maximum absolute atomic E-state index is 13.5. The molecule has 0 aliphatic carbocycles. The number of carbonyl (C=O) groups excluding carboxylic acids is 3. The number of fused-ring (bicyclic) bond motifs is 3. The van der Waals surface area contributed by atoms with Gasteiger partial charge in [-0.3, -0.25) is 14.4 Å². The first-order valence-electron chi connectivity index (χ1n) is 10.5. The van der Waals surface area contributed by atoms with Crippen molar-refractivity contribution in [2.24, 2.45) is 11.8 Å². The van der Waals surface area contributed by atoms with Crippen LogP contribution in [0.4, 0.5) is 5.69 Å². The molecule has 0 spiro atoms. The molecule has 2 amide bonds. The number of hydrogen-bond donors (Lipinski definition) is 1. The summed E-state index contributed by atoms with van der Waals surface area (Å²) in [5.74, 6) is -1.46. The third-order valence-corrected chi connectivity index (χ3v) is 7.46. The van der Waals surface area contributed by atoms with E-state index in [1.165, 1.54) is 4.90 Å². The minimum atomic E-state index is -0.595. The Hall–Kier alpha value is -2.50. The molecular formula is C24H24ClN2O3+. The van der Waals surface area contributed by atoms with Gasteiger partial charge in [-0.05, 0) is 61.4 Å². The average molecular weight is 424 g/mol. The van der Waals surface area contributed by atoms with E-state index >= 15 is 0 Å². The Morgan fingerprint density at radius 3 is 2.40 bits per heavy atom. The number of anilines is 1. The number of ketones is 1. The highest BCUT2D eigenvalue weighted by molar-refractivity contribution is 6.30. The van der Waals surface area contributed by atoms with Gasteiger partial charge in [0.1, 0.15) is 17.9 Å². The van der Waals surface area contributed by atoms with E-state index in [4.69, 9.17) is 11.6 Å². The number of amides is 2. The molecule has 0 aromatic heterocycles. The van der Waals surface area contributed by atoms with Crippen LogP contribution < -0.4 is 9.80 Å². The van der Waals surface area contributed by atoms with E-state index in [0.717, 1.165) is 35.4 Å². The smallest absolute Gasteiger partial charge is 0.244 e. The van der Waals surface area contributed by atoms with Crippen LogP contribution in [0.3, 0.4) is 0 Å². The van der Waals surface area contributed by atoms with Gasteiger partial charge in [0.2, 0.25) is 17.6 Å². The average Bonchev–Trinajstić information content (AvgIpc) is 3.36. The maximum Gasteiger partial charge on any atom is 0.244 e. The highest BCUT2D eigenvalue weighted by Crippen LogP contribution is 2.40. The van der Waals surface area contributed by atoms with E-state index in [0.29, 0.717) is 16.3 Å². The van der Waals surface area contributed by atoms with Gasteiger partial charge < -0.3 is 4.90 Å². The lowest BCUT2D eigenvalue weighted by atomic mass is 9.85. The van der Waals surface area contributed by atoms with Crippen molar-refractivity contribution in [3.8, 4) is 0 Å². The third kappa shape index (κ3) is 2.76. The molecule has 3 heterocycles. The van der Waals surface area contributed by atoms with Gasteiger partial charge in [0.05, 0.1) is 12.2 Å². The maximum atomic E-state index is 13.5. The second kappa shape index (κ2) is 7.03. The summed E-state index contributed by atoms with van der Waals surface area (Å²) < 4.78 is 0. The van der Waals surface area contributed by atoms with Crippen LogP contribution in [0.2, 0.25) is 5.02 Å². The Labute approximate surface area is 180 Å². The predicted octanol–water partition coefficient (Wildman–Crippen LogP) is 2.37. The molecule has 154 valence electrons. The van der Waals surface area contributed by atoms with Crippen molar-refractivity contribution in [3.05, 3.63) is 64.2 Å². The van der Waals surface area contributed by atoms with Crippen LogP contribution in [0.5, 0.6) is 0 Å². The Balaban J connectivity index is 1.55. The molecule has 1 unspecified atom stereocenters. The van der Waals surface area contributed by atoms with Crippen LogP contribution in [-0.4, -0.2) is 36.2 Å². The quantitative estimate of drug-likeness (QED) is 0.609. The van der Waals surface area contributed by atoms with Crippen LogP contribution in [0.15, 0.2) is 42.5 Å². The largest absolute Gasteiger partial charge is 0.322 e. The van der Waals surface area contributed by atoms with Gasteiger partial charge in [-0.1, -0.05) is 17.7 Å². The SMILES string of the molecule is Cc1ccc(N2C(=O)[C@@H]3[C@H](C2=O)[C@H]2CCC[NH+]2[C@@H]3C(=O)c2ccc(Cl)cc2)cc1C. The molecule has 3 aliphatic heterocycles. The second-order valence-electron chi connectivity index (χ2n) is 8.75. The molecule has 0 radical (unpaired) electrons. The fraction of sp³-hybridized carbons (Fsp3) is 0.375. The van der Waals surface area contributed by atoms with E-state index in [9.17, 15) is 14.4 Å². The van der Waals surface area contributed by atoms with Crippen molar-refractivity contribution in [1.29, 1.82) is 0 Å². The number of hydrogen-bond acceptors (Lipinski definition) is 3. The van der Waals surface area contributed by atoms with Gasteiger partial charge in [0.25, 0.3) is 0 Å². The van der Waals surface area contributed by atoms with Gasteiger partial charge in [-0.25, -0.2) is 4.90 Å². The summed E-state index contributed by atoms with van der Waals surface area (Å²) in [4.78, 5) is 42.9. The third-order valence-electron chi connectivity index (χ3n) is 7.21. The van der Waals surface area contributed by atoms with E-state index in [1.807, 2.05) is 32.0 Å². The van der Waals surface area contributed by atoms with Crippen LogP contribution in [0.25, 0.3) is 0 Å². The van der Waals surface area contributed by atoms with Crippen molar-refractivity contribution in [1.82, 2.24) is 0 Å². The number of carbonyl (C=O) groups is 3. The normalized spacial score (nSPS) is 30.0. The molecule has 5 nitrogen and oxygen atoms in total. The lowest BCUT2D eigenvalue weighted by Gasteiger charge is -2.25. The summed E-state index contributed by atoms with van der Waals surface area (Å²) in [6.07, 6.45) is 1.85. The number of imide groups is 1. The van der Waals surface area contributed by atoms with Crippen LogP contribution in [-0.2, 0) is 9.59 Å². The predicted molar refractivity (Wildman–Crippen MR) is 114 cm³/mol. The van der Waals surface area contributed by atoms with Crippen LogP contribution in [0, 0.1) is 25.7 Å². The molecule has 2 aromatic rings. The second-order valence-corrected chi connectivity index (χ2v) is 9.19. The zero-order valence-corrected chi connectivity index (χ0v) is 17.8. The van der Waals surface area contributed by atoms with Gasteiger partial charge in [-0.15, -0.1) is 0 Å². The fourth-order valence-corrected chi connectivity index (χ4v) is 5.78. The summed E-state index contributed by atoms with van der Waals surface area (Å²) in [6.45, 7) is 4.80. The van der Waals surface area contributed by atoms with Gasteiger partial charge in [-0.2, -0.15) is 0 Å². The standard InChI is InChI=1S/C24H23ClN2O3/c1-13-5-10-17(12-14(13)2)27-23(29)19-18-4-3-11-26(18)21(20(19)24(27)30)22(28)15-6-8-16(25)9-7-15/h5-10,12,18-21H,3-4,11H2,1-2H3/p+1/t18-,19-,20-,21+/m1/s1. The Morgan fingerprint density at radius 1 is 1.00 bits per heavy atom. The Bertz CT molecular complexity index is 1060. The van der Waals surface area contributed by atoms with Crippen molar-refractivity contribution >= 4 is 34.9 Å². The van der Waals surface area contributed by atoms with Crippen molar-refractivity contribution in [3.63, 3.8) is 0 Å². The number of benzene rings is 2. The number of rotatable bonds is 3. The number of aryl methyl sites for hydroxylation is 2. The zero-order chi connectivity index (χ0) is 21.2. The summed E-state index contributed by atoms with van der Waals surface area (Å²) in [5.41, 5.74) is 3.31. The van der Waals surface area contributed by atoms with Gasteiger partial charge >= 0.3 is 0 Å². The van der Waals surface area contributed by atoms with E-state index in [1.54, 1.807) is 24.3 Å². The van der Waals surface area contributed by atoms with Crippen LogP contribution in [0.1, 0.15) is 34.3 Å². The minimum Gasteiger partial charge on any atom is -0.322 e. The first-order valence-corrected chi connectivity index (χ1v) is 10.9. The number of Topliss-reactive ketones (excluding diaryl/α,β-unsaturated/α-hetero) is 1. The van der Waals surface area contributed by atoms with E-state index in [-0.39, 0.29) is 23.6 Å². The molecule has 5 atom stereocenters. The van der Waals surface area contributed by atoms with Crippen molar-refractivity contribution < 1.29 is 19.3 Å². The molecular weight excluding hydrogens is 400 g/mol. The Morgan fingerprint density at radius 2 is 1.70 bits per heavy atom. The van der Waals surface area contributed by atoms with Crippen LogP contribution >= 0.6 is 11.6 Å². The number of nitrogens with one attached hydrogen (secondary N) is 1. The molecule has 2 aromatic carbocycles. The lowest BCUT2D eigenvalue weighted by Crippen LogP contribution is -3.16. The summed E-state index contributed by atoms with van der Waals surface area (Å²) in [7, 11) is 0. The first-order chi connectivity index (χ1) is 14.4. The molecule has 5 rings (SSSR count). The van der Waals surface area contributed by atoms with E-state index < -0.39 is 17.9 Å². The monoisotopic (exact) mass is 423 g/mol.